The second-order valence-electron chi connectivity index (χ2n) is 4.00. The molecular weight excluding hydrogens is 228 g/mol. The molecule has 4 nitrogen and oxygen atoms in total. The Morgan fingerprint density at radius 2 is 1.78 bits per heavy atom. The van der Waals surface area contributed by atoms with Crippen molar-refractivity contribution in [3.05, 3.63) is 54.4 Å². The number of phenols is 1. The van der Waals surface area contributed by atoms with Gasteiger partial charge in [0.25, 0.3) is 0 Å². The van der Waals surface area contributed by atoms with E-state index in [1.165, 1.54) is 0 Å². The first kappa shape index (κ1) is 12.1. The number of rotatable bonds is 3. The van der Waals surface area contributed by atoms with Crippen LogP contribution in [0, 0.1) is 0 Å². The Labute approximate surface area is 106 Å². The molecule has 1 N–H and O–H groups in total. The number of pyridine rings is 1. The van der Waals surface area contributed by atoms with Crippen molar-refractivity contribution in [1.82, 2.24) is 4.98 Å². The SMILES string of the molecule is CN(C(=O)Cc1ccncc1)c1ccc(O)cc1. The molecule has 1 aromatic heterocycles. The quantitative estimate of drug-likeness (QED) is 0.895. The number of benzene rings is 1. The maximum Gasteiger partial charge on any atom is 0.231 e. The van der Waals surface area contributed by atoms with Gasteiger partial charge in [0.05, 0.1) is 6.42 Å². The molecule has 0 atom stereocenters. The van der Waals surface area contributed by atoms with E-state index in [4.69, 9.17) is 0 Å². The van der Waals surface area contributed by atoms with Crippen LogP contribution in [0.2, 0.25) is 0 Å². The summed E-state index contributed by atoms with van der Waals surface area (Å²) in [5, 5.41) is 9.20. The molecule has 0 aliphatic rings. The molecule has 0 saturated carbocycles. The van der Waals surface area contributed by atoms with E-state index in [9.17, 15) is 9.90 Å². The molecule has 4 heteroatoms. The minimum Gasteiger partial charge on any atom is -0.508 e. The zero-order chi connectivity index (χ0) is 13.0. The molecule has 0 spiro atoms. The maximum atomic E-state index is 12.0. The summed E-state index contributed by atoms with van der Waals surface area (Å²) in [7, 11) is 1.72. The van der Waals surface area contributed by atoms with Crippen LogP contribution in [0.25, 0.3) is 0 Å². The number of amides is 1. The molecule has 0 saturated heterocycles. The highest BCUT2D eigenvalue weighted by atomic mass is 16.3. The first-order valence-corrected chi connectivity index (χ1v) is 5.61. The van der Waals surface area contributed by atoms with Crippen LogP contribution in [-0.4, -0.2) is 23.0 Å². The first-order chi connectivity index (χ1) is 8.66. The van der Waals surface area contributed by atoms with E-state index < -0.39 is 0 Å². The van der Waals surface area contributed by atoms with Crippen molar-refractivity contribution in [2.45, 2.75) is 6.42 Å². The van der Waals surface area contributed by atoms with Crippen molar-refractivity contribution in [2.24, 2.45) is 0 Å². The molecule has 1 aromatic carbocycles. The van der Waals surface area contributed by atoms with Gasteiger partial charge in [0, 0.05) is 25.1 Å². The molecule has 1 heterocycles. The number of nitrogens with zero attached hydrogens (tertiary/aromatic N) is 2. The lowest BCUT2D eigenvalue weighted by Crippen LogP contribution is -2.27. The average Bonchev–Trinajstić information content (AvgIpc) is 2.40. The van der Waals surface area contributed by atoms with Crippen LogP contribution in [0.15, 0.2) is 48.8 Å². The summed E-state index contributed by atoms with van der Waals surface area (Å²) in [6, 6.07) is 10.2. The van der Waals surface area contributed by atoms with Gasteiger partial charge in [0.1, 0.15) is 5.75 Å². The summed E-state index contributed by atoms with van der Waals surface area (Å²) < 4.78 is 0. The molecule has 0 aliphatic heterocycles. The number of aromatic hydroxyl groups is 1. The van der Waals surface area contributed by atoms with Gasteiger partial charge in [0.2, 0.25) is 5.91 Å². The monoisotopic (exact) mass is 242 g/mol. The van der Waals surface area contributed by atoms with E-state index >= 15 is 0 Å². The highest BCUT2D eigenvalue weighted by Gasteiger charge is 2.11. The Hall–Kier alpha value is -2.36. The highest BCUT2D eigenvalue weighted by molar-refractivity contribution is 5.94. The Morgan fingerprint density at radius 1 is 1.17 bits per heavy atom. The van der Waals surface area contributed by atoms with Gasteiger partial charge in [-0.05, 0) is 42.0 Å². The number of phenolic OH excluding ortho intramolecular Hbond substituents is 1. The molecule has 0 unspecified atom stereocenters. The van der Waals surface area contributed by atoms with Crippen molar-refractivity contribution >= 4 is 11.6 Å². The van der Waals surface area contributed by atoms with Gasteiger partial charge in [-0.2, -0.15) is 0 Å². The molecule has 0 aliphatic carbocycles. The Morgan fingerprint density at radius 3 is 2.39 bits per heavy atom. The van der Waals surface area contributed by atoms with Gasteiger partial charge in [-0.1, -0.05) is 0 Å². The Kier molecular flexibility index (Phi) is 3.57. The van der Waals surface area contributed by atoms with Gasteiger partial charge >= 0.3 is 0 Å². The van der Waals surface area contributed by atoms with Crippen LogP contribution < -0.4 is 4.90 Å². The number of hydrogen-bond donors (Lipinski definition) is 1. The molecule has 0 bridgehead atoms. The second kappa shape index (κ2) is 5.31. The number of hydrogen-bond acceptors (Lipinski definition) is 3. The summed E-state index contributed by atoms with van der Waals surface area (Å²) in [6.07, 6.45) is 3.67. The van der Waals surface area contributed by atoms with Gasteiger partial charge in [-0.3, -0.25) is 9.78 Å². The fourth-order valence-corrected chi connectivity index (χ4v) is 1.61. The lowest BCUT2D eigenvalue weighted by molar-refractivity contribution is -0.117. The van der Waals surface area contributed by atoms with Crippen molar-refractivity contribution in [3.8, 4) is 5.75 Å². The van der Waals surface area contributed by atoms with E-state index in [0.717, 1.165) is 11.3 Å². The number of aromatic nitrogens is 1. The summed E-state index contributed by atoms with van der Waals surface area (Å²) in [4.78, 5) is 17.5. The van der Waals surface area contributed by atoms with Gasteiger partial charge in [0.15, 0.2) is 0 Å². The van der Waals surface area contributed by atoms with Crippen molar-refractivity contribution in [2.75, 3.05) is 11.9 Å². The van der Waals surface area contributed by atoms with Crippen molar-refractivity contribution in [3.63, 3.8) is 0 Å². The van der Waals surface area contributed by atoms with Crippen molar-refractivity contribution < 1.29 is 9.90 Å². The molecular formula is C14H14N2O2. The Balaban J connectivity index is 2.07. The van der Waals surface area contributed by atoms with E-state index in [-0.39, 0.29) is 11.7 Å². The summed E-state index contributed by atoms with van der Waals surface area (Å²) in [6.45, 7) is 0. The minimum absolute atomic E-state index is 0.00751. The van der Waals surface area contributed by atoms with Crippen molar-refractivity contribution in [1.29, 1.82) is 0 Å². The Bertz CT molecular complexity index is 523. The molecule has 92 valence electrons. The standard InChI is InChI=1S/C14H14N2O2/c1-16(12-2-4-13(17)5-3-12)14(18)10-11-6-8-15-9-7-11/h2-9,17H,10H2,1H3. The summed E-state index contributed by atoms with van der Waals surface area (Å²) in [5.41, 5.74) is 1.69. The van der Waals surface area contributed by atoms with E-state index in [1.807, 2.05) is 12.1 Å². The largest absolute Gasteiger partial charge is 0.508 e. The van der Waals surface area contributed by atoms with Gasteiger partial charge in [-0.15, -0.1) is 0 Å². The number of carbonyl (C=O) groups excluding carboxylic acids is 1. The van der Waals surface area contributed by atoms with Crippen LogP contribution in [0.1, 0.15) is 5.56 Å². The van der Waals surface area contributed by atoms with Crippen LogP contribution >= 0.6 is 0 Å². The lowest BCUT2D eigenvalue weighted by atomic mass is 10.2. The number of anilines is 1. The third-order valence-electron chi connectivity index (χ3n) is 2.72. The third-order valence-corrected chi connectivity index (χ3v) is 2.72. The lowest BCUT2D eigenvalue weighted by Gasteiger charge is -2.17. The molecule has 18 heavy (non-hydrogen) atoms. The second-order valence-corrected chi connectivity index (χ2v) is 4.00. The fourth-order valence-electron chi connectivity index (χ4n) is 1.61. The average molecular weight is 242 g/mol. The predicted octanol–water partition coefficient (Wildman–Crippen LogP) is 1.99. The molecule has 0 radical (unpaired) electrons. The topological polar surface area (TPSA) is 53.4 Å². The molecule has 1 amide bonds. The maximum absolute atomic E-state index is 12.0. The van der Waals surface area contributed by atoms with Crippen LogP contribution in [-0.2, 0) is 11.2 Å². The van der Waals surface area contributed by atoms with E-state index in [1.54, 1.807) is 48.6 Å². The zero-order valence-corrected chi connectivity index (χ0v) is 10.1. The highest BCUT2D eigenvalue weighted by Crippen LogP contribution is 2.17. The number of carbonyl (C=O) groups is 1. The van der Waals surface area contributed by atoms with Crippen LogP contribution in [0.5, 0.6) is 5.75 Å². The predicted molar refractivity (Wildman–Crippen MR) is 69.5 cm³/mol. The summed E-state index contributed by atoms with van der Waals surface area (Å²) >= 11 is 0. The van der Waals surface area contributed by atoms with Crippen LogP contribution in [0.4, 0.5) is 5.69 Å². The minimum atomic E-state index is -0.00751. The number of likely N-dealkylation sites (N-methyl/N-ethyl adjacent to an activating group) is 1. The zero-order valence-electron chi connectivity index (χ0n) is 10.1. The smallest absolute Gasteiger partial charge is 0.231 e. The molecule has 0 fully saturated rings. The van der Waals surface area contributed by atoms with Gasteiger partial charge in [-0.25, -0.2) is 0 Å². The van der Waals surface area contributed by atoms with Gasteiger partial charge < -0.3 is 10.0 Å². The first-order valence-electron chi connectivity index (χ1n) is 5.61. The normalized spacial score (nSPS) is 10.1. The summed E-state index contributed by atoms with van der Waals surface area (Å²) in [5.74, 6) is 0.181. The third kappa shape index (κ3) is 2.85. The van der Waals surface area contributed by atoms with E-state index in [0.29, 0.717) is 6.42 Å². The molecule has 2 aromatic rings. The fraction of sp³-hybridized carbons (Fsp3) is 0.143. The van der Waals surface area contributed by atoms with Crippen LogP contribution in [0.3, 0.4) is 0 Å². The van der Waals surface area contributed by atoms with E-state index in [2.05, 4.69) is 4.98 Å². The molecule has 2 rings (SSSR count).